The lowest BCUT2D eigenvalue weighted by Crippen LogP contribution is -2.43. The van der Waals surface area contributed by atoms with Crippen molar-refractivity contribution in [1.29, 1.82) is 0 Å². The van der Waals surface area contributed by atoms with Crippen LogP contribution in [-0.4, -0.2) is 17.3 Å². The zero-order valence-electron chi connectivity index (χ0n) is 11.1. The Bertz CT molecular complexity index is 540. The van der Waals surface area contributed by atoms with Gasteiger partial charge >= 0.3 is 0 Å². The Kier molecular flexibility index (Phi) is 4.79. The molecular weight excluding hydrogens is 310 g/mol. The number of aliphatic hydroxyl groups is 1. The summed E-state index contributed by atoms with van der Waals surface area (Å²) in [6.45, 7) is 0. The van der Waals surface area contributed by atoms with Gasteiger partial charge in [-0.15, -0.1) is 22.7 Å². The predicted molar refractivity (Wildman–Crippen MR) is 86.9 cm³/mol. The van der Waals surface area contributed by atoms with Gasteiger partial charge in [-0.2, -0.15) is 0 Å². The quantitative estimate of drug-likeness (QED) is 0.869. The van der Waals surface area contributed by atoms with Crippen LogP contribution in [0, 0.1) is 0 Å². The van der Waals surface area contributed by atoms with Crippen molar-refractivity contribution in [2.45, 2.75) is 43.9 Å². The Balaban J connectivity index is 1.82. The molecule has 0 aliphatic heterocycles. The van der Waals surface area contributed by atoms with Crippen molar-refractivity contribution in [3.05, 3.63) is 43.7 Å². The minimum Gasteiger partial charge on any atom is -0.392 e. The minimum atomic E-state index is -0.235. The maximum absolute atomic E-state index is 10.2. The normalized spacial score (nSPS) is 24.7. The summed E-state index contributed by atoms with van der Waals surface area (Å²) in [5, 5.41) is 15.9. The van der Waals surface area contributed by atoms with Gasteiger partial charge in [0.05, 0.1) is 16.5 Å². The van der Waals surface area contributed by atoms with E-state index in [0.717, 1.165) is 23.6 Å². The highest BCUT2D eigenvalue weighted by atomic mass is 35.5. The van der Waals surface area contributed by atoms with E-state index in [2.05, 4.69) is 28.9 Å². The van der Waals surface area contributed by atoms with Crippen LogP contribution in [0.3, 0.4) is 0 Å². The largest absolute Gasteiger partial charge is 0.392 e. The topological polar surface area (TPSA) is 32.3 Å². The van der Waals surface area contributed by atoms with Gasteiger partial charge in [-0.3, -0.25) is 5.32 Å². The van der Waals surface area contributed by atoms with Crippen LogP contribution in [0.4, 0.5) is 0 Å². The third-order valence-electron chi connectivity index (χ3n) is 3.82. The molecule has 5 heteroatoms. The first-order valence-corrected chi connectivity index (χ1v) is 9.04. The fourth-order valence-electron chi connectivity index (χ4n) is 2.76. The van der Waals surface area contributed by atoms with Crippen molar-refractivity contribution >= 4 is 34.3 Å². The van der Waals surface area contributed by atoms with Crippen molar-refractivity contribution in [1.82, 2.24) is 5.32 Å². The van der Waals surface area contributed by atoms with Gasteiger partial charge in [-0.25, -0.2) is 0 Å². The molecule has 1 saturated carbocycles. The molecule has 2 aromatic heterocycles. The highest BCUT2D eigenvalue weighted by Gasteiger charge is 2.27. The molecule has 1 fully saturated rings. The standard InChI is InChI=1S/C15H18ClNOS2/c16-14-8-7-13(20-14)15(12-6-3-9-19-12)17-10-4-1-2-5-11(10)18/h3,6-11,15,17-18H,1-2,4-5H2. The van der Waals surface area contributed by atoms with E-state index in [-0.39, 0.29) is 18.2 Å². The maximum atomic E-state index is 10.2. The van der Waals surface area contributed by atoms with E-state index < -0.39 is 0 Å². The van der Waals surface area contributed by atoms with Crippen LogP contribution in [0.25, 0.3) is 0 Å². The molecule has 1 aliphatic rings. The average Bonchev–Trinajstić information content (AvgIpc) is 3.09. The Morgan fingerprint density at radius 3 is 2.70 bits per heavy atom. The first-order valence-electron chi connectivity index (χ1n) is 6.97. The number of nitrogens with one attached hydrogen (secondary N) is 1. The van der Waals surface area contributed by atoms with E-state index in [1.165, 1.54) is 16.2 Å². The second kappa shape index (κ2) is 6.58. The molecule has 0 amide bonds. The molecule has 0 saturated heterocycles. The molecule has 0 radical (unpaired) electrons. The zero-order valence-corrected chi connectivity index (χ0v) is 13.5. The van der Waals surface area contributed by atoms with Gasteiger partial charge < -0.3 is 5.11 Å². The van der Waals surface area contributed by atoms with Crippen LogP contribution in [0.2, 0.25) is 4.34 Å². The highest BCUT2D eigenvalue weighted by molar-refractivity contribution is 7.16. The SMILES string of the molecule is OC1CCCCC1NC(c1cccs1)c1ccc(Cl)s1. The Hall–Kier alpha value is -0.390. The van der Waals surface area contributed by atoms with Gasteiger partial charge in [0.2, 0.25) is 0 Å². The van der Waals surface area contributed by atoms with Gasteiger partial charge in [-0.05, 0) is 36.4 Å². The zero-order chi connectivity index (χ0) is 13.9. The molecule has 0 bridgehead atoms. The van der Waals surface area contributed by atoms with Gasteiger partial charge in [0.15, 0.2) is 0 Å². The molecule has 0 spiro atoms. The summed E-state index contributed by atoms with van der Waals surface area (Å²) in [6.07, 6.45) is 4.04. The van der Waals surface area contributed by atoms with Crippen LogP contribution < -0.4 is 5.32 Å². The van der Waals surface area contributed by atoms with E-state index in [9.17, 15) is 5.11 Å². The fraction of sp³-hybridized carbons (Fsp3) is 0.467. The molecule has 20 heavy (non-hydrogen) atoms. The number of aliphatic hydroxyl groups excluding tert-OH is 1. The molecule has 0 aromatic carbocycles. The molecule has 3 unspecified atom stereocenters. The number of hydrogen-bond acceptors (Lipinski definition) is 4. The van der Waals surface area contributed by atoms with Gasteiger partial charge in [0.1, 0.15) is 0 Å². The lowest BCUT2D eigenvalue weighted by atomic mass is 9.92. The average molecular weight is 328 g/mol. The highest BCUT2D eigenvalue weighted by Crippen LogP contribution is 2.34. The van der Waals surface area contributed by atoms with Crippen molar-refractivity contribution in [2.24, 2.45) is 0 Å². The summed E-state index contributed by atoms with van der Waals surface area (Å²) < 4.78 is 0.813. The van der Waals surface area contributed by atoms with Crippen molar-refractivity contribution < 1.29 is 5.11 Å². The predicted octanol–water partition coefficient (Wildman–Crippen LogP) is 4.45. The first kappa shape index (κ1) is 14.5. The maximum Gasteiger partial charge on any atom is 0.0931 e. The Morgan fingerprint density at radius 2 is 2.05 bits per heavy atom. The molecule has 2 N–H and O–H groups in total. The van der Waals surface area contributed by atoms with Gasteiger partial charge in [-0.1, -0.05) is 30.5 Å². The number of thiophene rings is 2. The third-order valence-corrected chi connectivity index (χ3v) is 6.05. The second-order valence-electron chi connectivity index (χ2n) is 5.22. The summed E-state index contributed by atoms with van der Waals surface area (Å²) in [5.41, 5.74) is 0. The number of rotatable bonds is 4. The molecule has 3 atom stereocenters. The van der Waals surface area contributed by atoms with Crippen molar-refractivity contribution in [3.63, 3.8) is 0 Å². The van der Waals surface area contributed by atoms with Gasteiger partial charge in [0.25, 0.3) is 0 Å². The van der Waals surface area contributed by atoms with E-state index in [4.69, 9.17) is 11.6 Å². The lowest BCUT2D eigenvalue weighted by molar-refractivity contribution is 0.0876. The Labute approximate surface area is 132 Å². The molecule has 2 aromatic rings. The number of halogens is 1. The smallest absolute Gasteiger partial charge is 0.0931 e. The summed E-state index contributed by atoms with van der Waals surface area (Å²) in [5.74, 6) is 0. The molecular formula is C15H18ClNOS2. The molecule has 2 nitrogen and oxygen atoms in total. The third kappa shape index (κ3) is 3.26. The molecule has 108 valence electrons. The molecule has 2 heterocycles. The van der Waals surface area contributed by atoms with Crippen molar-refractivity contribution in [2.75, 3.05) is 0 Å². The molecule has 3 rings (SSSR count). The Morgan fingerprint density at radius 1 is 1.20 bits per heavy atom. The summed E-state index contributed by atoms with van der Waals surface area (Å²) in [4.78, 5) is 2.50. The van der Waals surface area contributed by atoms with Gasteiger partial charge in [0, 0.05) is 15.8 Å². The van der Waals surface area contributed by atoms with E-state index >= 15 is 0 Å². The number of hydrogen-bond donors (Lipinski definition) is 2. The summed E-state index contributed by atoms with van der Waals surface area (Å²) >= 11 is 9.44. The van der Waals surface area contributed by atoms with E-state index in [0.29, 0.717) is 0 Å². The van der Waals surface area contributed by atoms with Crippen LogP contribution in [-0.2, 0) is 0 Å². The van der Waals surface area contributed by atoms with Crippen LogP contribution in [0.1, 0.15) is 41.5 Å². The van der Waals surface area contributed by atoms with Crippen molar-refractivity contribution in [3.8, 4) is 0 Å². The van der Waals surface area contributed by atoms with Crippen LogP contribution in [0.15, 0.2) is 29.6 Å². The van der Waals surface area contributed by atoms with E-state index in [1.807, 2.05) is 6.07 Å². The lowest BCUT2D eigenvalue weighted by Gasteiger charge is -2.31. The monoisotopic (exact) mass is 327 g/mol. The fourth-order valence-corrected chi connectivity index (χ4v) is 4.78. The minimum absolute atomic E-state index is 0.144. The first-order chi connectivity index (χ1) is 9.74. The summed E-state index contributed by atoms with van der Waals surface area (Å²) in [7, 11) is 0. The van der Waals surface area contributed by atoms with Crippen LogP contribution in [0.5, 0.6) is 0 Å². The molecule has 1 aliphatic carbocycles. The summed E-state index contributed by atoms with van der Waals surface area (Å²) in [6, 6.07) is 8.56. The van der Waals surface area contributed by atoms with Crippen LogP contribution >= 0.6 is 34.3 Å². The van der Waals surface area contributed by atoms with E-state index in [1.54, 1.807) is 22.7 Å². The second-order valence-corrected chi connectivity index (χ2v) is 7.94.